The van der Waals surface area contributed by atoms with Crippen molar-refractivity contribution in [3.05, 3.63) is 29.8 Å². The number of methoxy groups -OCH3 is 2. The minimum atomic E-state index is -1.19. The molecule has 230 valence electrons. The zero-order valence-corrected chi connectivity index (χ0v) is 24.1. The quantitative estimate of drug-likeness (QED) is 0.109. The van der Waals surface area contributed by atoms with Gasteiger partial charge in [-0.15, -0.1) is 0 Å². The average molecular weight is 582 g/mol. The molecule has 0 saturated carbocycles. The molecule has 1 aromatic rings. The van der Waals surface area contributed by atoms with Crippen LogP contribution in [-0.4, -0.2) is 91.0 Å². The summed E-state index contributed by atoms with van der Waals surface area (Å²) in [7, 11) is 2.60. The van der Waals surface area contributed by atoms with Gasteiger partial charge in [-0.1, -0.05) is 26.0 Å². The standard InChI is InChI=1S/C27H43N5O9/c1-15(2)23(32-25(38)20(29-16(3)33)13-17-8-10-18(34)11-9-17)26(39)30-19(7-6-12-28)24(37)31-21(14-22(35)36)27(40-4)41-5/h8-11,15,19-21,23,27,34H,6-7,12-14,28H2,1-5H3,(H,29,33)(H,30,39)(H,31,37)(H,32,38)(H,35,36)/t19?,20?,21-,23-/m0/s1. The first-order valence-electron chi connectivity index (χ1n) is 13.3. The third kappa shape index (κ3) is 12.5. The second-order valence-electron chi connectivity index (χ2n) is 9.90. The van der Waals surface area contributed by atoms with Crippen LogP contribution < -0.4 is 27.0 Å². The van der Waals surface area contributed by atoms with E-state index in [9.17, 15) is 34.2 Å². The van der Waals surface area contributed by atoms with Crippen LogP contribution in [0.15, 0.2) is 24.3 Å². The molecule has 0 radical (unpaired) electrons. The average Bonchev–Trinajstić information content (AvgIpc) is 2.89. The summed E-state index contributed by atoms with van der Waals surface area (Å²) in [6, 6.07) is 1.89. The number of hydrogen-bond acceptors (Lipinski definition) is 9. The van der Waals surface area contributed by atoms with Crippen LogP contribution in [0, 0.1) is 5.92 Å². The van der Waals surface area contributed by atoms with Crippen molar-refractivity contribution in [1.29, 1.82) is 0 Å². The molecular formula is C27H43N5O9. The Morgan fingerprint density at radius 3 is 1.95 bits per heavy atom. The molecule has 4 atom stereocenters. The first-order valence-corrected chi connectivity index (χ1v) is 13.3. The van der Waals surface area contributed by atoms with Crippen molar-refractivity contribution in [1.82, 2.24) is 21.3 Å². The number of carbonyl (C=O) groups excluding carboxylic acids is 4. The lowest BCUT2D eigenvalue weighted by atomic mass is 10.00. The predicted molar refractivity (Wildman–Crippen MR) is 148 cm³/mol. The molecular weight excluding hydrogens is 538 g/mol. The van der Waals surface area contributed by atoms with Crippen molar-refractivity contribution in [2.24, 2.45) is 11.7 Å². The molecule has 1 rings (SSSR count). The monoisotopic (exact) mass is 581 g/mol. The van der Waals surface area contributed by atoms with Gasteiger partial charge in [0.2, 0.25) is 23.6 Å². The van der Waals surface area contributed by atoms with Crippen molar-refractivity contribution in [3.8, 4) is 5.75 Å². The summed E-state index contributed by atoms with van der Waals surface area (Å²) in [6.07, 6.45) is -0.929. The van der Waals surface area contributed by atoms with Gasteiger partial charge in [-0.25, -0.2) is 0 Å². The van der Waals surface area contributed by atoms with Gasteiger partial charge in [0, 0.05) is 27.6 Å². The zero-order chi connectivity index (χ0) is 31.1. The molecule has 14 heteroatoms. The number of amides is 4. The maximum atomic E-state index is 13.4. The third-order valence-electron chi connectivity index (χ3n) is 6.16. The molecule has 0 spiro atoms. The van der Waals surface area contributed by atoms with Crippen LogP contribution in [0.3, 0.4) is 0 Å². The molecule has 0 aliphatic carbocycles. The van der Waals surface area contributed by atoms with E-state index < -0.39 is 72.4 Å². The summed E-state index contributed by atoms with van der Waals surface area (Å²) >= 11 is 0. The largest absolute Gasteiger partial charge is 0.508 e. The molecule has 0 heterocycles. The SMILES string of the molecule is COC(OC)[C@H](CC(=O)O)NC(=O)C(CCCN)NC(=O)[C@@H](NC(=O)C(Cc1ccc(O)cc1)NC(C)=O)C(C)C. The van der Waals surface area contributed by atoms with Gasteiger partial charge in [-0.2, -0.15) is 0 Å². The lowest BCUT2D eigenvalue weighted by molar-refractivity contribution is -0.151. The Balaban J connectivity index is 3.10. The molecule has 0 fully saturated rings. The minimum Gasteiger partial charge on any atom is -0.508 e. The van der Waals surface area contributed by atoms with E-state index in [1.807, 2.05) is 0 Å². The molecule has 4 amide bonds. The number of benzene rings is 1. The van der Waals surface area contributed by atoms with E-state index in [0.29, 0.717) is 12.0 Å². The number of phenolic OH excluding ortho intramolecular Hbond substituents is 1. The van der Waals surface area contributed by atoms with E-state index in [2.05, 4.69) is 21.3 Å². The number of ether oxygens (including phenoxy) is 2. The summed E-state index contributed by atoms with van der Waals surface area (Å²) in [5.41, 5.74) is 6.29. The molecule has 0 bridgehead atoms. The number of hydrogen-bond donors (Lipinski definition) is 7. The molecule has 8 N–H and O–H groups in total. The number of aliphatic carboxylic acids is 1. The van der Waals surface area contributed by atoms with Crippen LogP contribution in [0.1, 0.15) is 45.6 Å². The summed E-state index contributed by atoms with van der Waals surface area (Å²) in [6.45, 7) is 4.91. The molecule has 41 heavy (non-hydrogen) atoms. The fraction of sp³-hybridized carbons (Fsp3) is 0.593. The lowest BCUT2D eigenvalue weighted by Crippen LogP contribution is -2.59. The highest BCUT2D eigenvalue weighted by atomic mass is 16.7. The fourth-order valence-electron chi connectivity index (χ4n) is 4.07. The second-order valence-corrected chi connectivity index (χ2v) is 9.90. The number of carbonyl (C=O) groups is 5. The Hall–Kier alpha value is -3.75. The van der Waals surface area contributed by atoms with Crippen LogP contribution in [-0.2, 0) is 39.9 Å². The fourth-order valence-corrected chi connectivity index (χ4v) is 4.07. The van der Waals surface area contributed by atoms with Crippen LogP contribution in [0.25, 0.3) is 0 Å². The van der Waals surface area contributed by atoms with Gasteiger partial charge in [0.15, 0.2) is 6.29 Å². The van der Waals surface area contributed by atoms with E-state index in [0.717, 1.165) is 0 Å². The van der Waals surface area contributed by atoms with Crippen LogP contribution in [0.5, 0.6) is 5.75 Å². The summed E-state index contributed by atoms with van der Waals surface area (Å²) < 4.78 is 10.2. The van der Waals surface area contributed by atoms with Gasteiger partial charge in [0.05, 0.1) is 12.5 Å². The van der Waals surface area contributed by atoms with Gasteiger partial charge < -0.3 is 46.7 Å². The van der Waals surface area contributed by atoms with Crippen molar-refractivity contribution >= 4 is 29.6 Å². The number of carboxylic acids is 1. The maximum Gasteiger partial charge on any atom is 0.305 e. The summed E-state index contributed by atoms with van der Waals surface area (Å²) in [5.74, 6) is -3.94. The number of rotatable bonds is 18. The van der Waals surface area contributed by atoms with Crippen molar-refractivity contribution < 1.29 is 43.7 Å². The summed E-state index contributed by atoms with van der Waals surface area (Å²) in [4.78, 5) is 62.9. The number of nitrogens with two attached hydrogens (primary N) is 1. The Bertz CT molecular complexity index is 1010. The number of nitrogens with one attached hydrogen (secondary N) is 4. The molecule has 2 unspecified atom stereocenters. The van der Waals surface area contributed by atoms with Crippen LogP contribution in [0.4, 0.5) is 0 Å². The van der Waals surface area contributed by atoms with E-state index in [4.69, 9.17) is 15.2 Å². The predicted octanol–water partition coefficient (Wildman–Crippen LogP) is -0.618. The van der Waals surface area contributed by atoms with Gasteiger partial charge in [-0.05, 0) is 43.0 Å². The van der Waals surface area contributed by atoms with Crippen LogP contribution in [0.2, 0.25) is 0 Å². The molecule has 0 aliphatic heterocycles. The Morgan fingerprint density at radius 1 is 0.878 bits per heavy atom. The van der Waals surface area contributed by atoms with Gasteiger partial charge in [0.1, 0.15) is 23.9 Å². The lowest BCUT2D eigenvalue weighted by Gasteiger charge is -2.29. The van der Waals surface area contributed by atoms with Crippen LogP contribution >= 0.6 is 0 Å². The molecule has 14 nitrogen and oxygen atoms in total. The van der Waals surface area contributed by atoms with Crippen molar-refractivity contribution in [2.75, 3.05) is 20.8 Å². The zero-order valence-electron chi connectivity index (χ0n) is 24.1. The van der Waals surface area contributed by atoms with E-state index in [-0.39, 0.29) is 25.1 Å². The number of phenols is 1. The first kappa shape index (κ1) is 35.3. The van der Waals surface area contributed by atoms with Gasteiger partial charge in [0.25, 0.3) is 0 Å². The molecule has 0 saturated heterocycles. The Kier molecular flexibility index (Phi) is 15.3. The normalized spacial score (nSPS) is 14.0. The highest BCUT2D eigenvalue weighted by Gasteiger charge is 2.33. The Morgan fingerprint density at radius 2 is 1.46 bits per heavy atom. The smallest absolute Gasteiger partial charge is 0.305 e. The Labute approximate surface area is 239 Å². The second kappa shape index (κ2) is 17.8. The minimum absolute atomic E-state index is 0.0493. The van der Waals surface area contributed by atoms with Crippen molar-refractivity contribution in [3.63, 3.8) is 0 Å². The molecule has 0 aromatic heterocycles. The third-order valence-corrected chi connectivity index (χ3v) is 6.16. The van der Waals surface area contributed by atoms with Gasteiger partial charge >= 0.3 is 5.97 Å². The topological polar surface area (TPSA) is 218 Å². The highest BCUT2D eigenvalue weighted by Crippen LogP contribution is 2.13. The summed E-state index contributed by atoms with van der Waals surface area (Å²) in [5, 5.41) is 29.2. The van der Waals surface area contributed by atoms with E-state index in [1.54, 1.807) is 26.0 Å². The van der Waals surface area contributed by atoms with Gasteiger partial charge in [-0.3, -0.25) is 24.0 Å². The first-order chi connectivity index (χ1) is 19.3. The molecule has 0 aliphatic rings. The molecule has 1 aromatic carbocycles. The number of aromatic hydroxyl groups is 1. The van der Waals surface area contributed by atoms with E-state index in [1.165, 1.54) is 33.3 Å². The maximum absolute atomic E-state index is 13.4. The number of carboxylic acid groups (broad SMARTS) is 1. The van der Waals surface area contributed by atoms with E-state index >= 15 is 0 Å². The highest BCUT2D eigenvalue weighted by molar-refractivity contribution is 5.94. The van der Waals surface area contributed by atoms with Crippen molar-refractivity contribution in [2.45, 2.75) is 76.9 Å².